The lowest BCUT2D eigenvalue weighted by Gasteiger charge is -2.13. The van der Waals surface area contributed by atoms with Crippen LogP contribution in [-0.2, 0) is 4.79 Å². The summed E-state index contributed by atoms with van der Waals surface area (Å²) in [6.07, 6.45) is 2.03. The highest BCUT2D eigenvalue weighted by Gasteiger charge is 2.08. The highest BCUT2D eigenvalue weighted by Crippen LogP contribution is 2.03. The Morgan fingerprint density at radius 2 is 2.00 bits per heavy atom. The van der Waals surface area contributed by atoms with Crippen LogP contribution in [0.2, 0.25) is 0 Å². The molecule has 0 heterocycles. The maximum absolute atomic E-state index is 11.2. The predicted octanol–water partition coefficient (Wildman–Crippen LogP) is 0.672. The minimum Gasteiger partial charge on any atom is -0.396 e. The van der Waals surface area contributed by atoms with Gasteiger partial charge in [0, 0.05) is 19.6 Å². The lowest BCUT2D eigenvalue weighted by molar-refractivity contribution is -0.121. The van der Waals surface area contributed by atoms with Gasteiger partial charge in [0.1, 0.15) is 0 Å². The molecular weight excluding hydrogens is 194 g/mol. The molecule has 1 amide bonds. The van der Waals surface area contributed by atoms with Crippen molar-refractivity contribution in [1.82, 2.24) is 5.32 Å². The van der Waals surface area contributed by atoms with Crippen molar-refractivity contribution in [2.24, 2.45) is 5.92 Å². The first-order chi connectivity index (χ1) is 7.06. The van der Waals surface area contributed by atoms with E-state index in [0.717, 1.165) is 0 Å². The predicted molar refractivity (Wildman–Crippen MR) is 59.4 cm³/mol. The van der Waals surface area contributed by atoms with E-state index in [4.69, 9.17) is 5.11 Å². The van der Waals surface area contributed by atoms with Gasteiger partial charge in [-0.1, -0.05) is 13.8 Å². The number of hydrogen-bond donors (Lipinski definition) is 3. The molecule has 4 nitrogen and oxygen atoms in total. The first kappa shape index (κ1) is 14.4. The van der Waals surface area contributed by atoms with E-state index in [0.29, 0.717) is 38.1 Å². The van der Waals surface area contributed by atoms with E-state index in [1.165, 1.54) is 0 Å². The molecule has 0 radical (unpaired) electrons. The second-order valence-electron chi connectivity index (χ2n) is 4.27. The van der Waals surface area contributed by atoms with Gasteiger partial charge in [-0.3, -0.25) is 4.79 Å². The molecule has 0 saturated heterocycles. The van der Waals surface area contributed by atoms with Crippen LogP contribution >= 0.6 is 0 Å². The minimum atomic E-state index is -0.452. The largest absolute Gasteiger partial charge is 0.396 e. The van der Waals surface area contributed by atoms with Gasteiger partial charge in [0.05, 0.1) is 6.10 Å². The molecule has 0 aromatic carbocycles. The molecule has 0 bridgehead atoms. The van der Waals surface area contributed by atoms with Crippen molar-refractivity contribution >= 4 is 5.91 Å². The quantitative estimate of drug-likeness (QED) is 0.523. The van der Waals surface area contributed by atoms with Crippen molar-refractivity contribution in [3.63, 3.8) is 0 Å². The molecule has 0 aromatic rings. The Morgan fingerprint density at radius 3 is 2.53 bits per heavy atom. The van der Waals surface area contributed by atoms with E-state index in [1.54, 1.807) is 0 Å². The molecule has 0 aliphatic rings. The van der Waals surface area contributed by atoms with Gasteiger partial charge in [-0.2, -0.15) is 0 Å². The zero-order valence-electron chi connectivity index (χ0n) is 9.70. The third-order valence-electron chi connectivity index (χ3n) is 2.09. The summed E-state index contributed by atoms with van der Waals surface area (Å²) in [7, 11) is 0. The second kappa shape index (κ2) is 8.68. The monoisotopic (exact) mass is 217 g/mol. The smallest absolute Gasteiger partial charge is 0.220 e. The number of unbranched alkanes of at least 4 members (excludes halogenated alkanes) is 1. The fourth-order valence-electron chi connectivity index (χ4n) is 1.34. The van der Waals surface area contributed by atoms with E-state index in [2.05, 4.69) is 5.32 Å². The first-order valence-electron chi connectivity index (χ1n) is 5.62. The summed E-state index contributed by atoms with van der Waals surface area (Å²) in [5.74, 6) is 0.387. The number of carbonyl (C=O) groups excluding carboxylic acids is 1. The zero-order valence-corrected chi connectivity index (χ0v) is 9.70. The Hall–Kier alpha value is -0.610. The normalized spacial score (nSPS) is 12.9. The van der Waals surface area contributed by atoms with E-state index in [1.807, 2.05) is 13.8 Å². The molecule has 3 N–H and O–H groups in total. The molecule has 0 fully saturated rings. The number of aliphatic hydroxyl groups excluding tert-OH is 2. The number of nitrogens with one attached hydrogen (secondary N) is 1. The Labute approximate surface area is 91.7 Å². The number of rotatable bonds is 8. The number of aliphatic hydroxyl groups is 2. The number of amides is 1. The molecule has 0 aromatic heterocycles. The highest BCUT2D eigenvalue weighted by atomic mass is 16.3. The van der Waals surface area contributed by atoms with Crippen LogP contribution in [0.4, 0.5) is 0 Å². The average Bonchev–Trinajstić information content (AvgIpc) is 2.14. The molecule has 0 rings (SSSR count). The topological polar surface area (TPSA) is 69.6 Å². The summed E-state index contributed by atoms with van der Waals surface area (Å²) in [5.41, 5.74) is 0. The Bertz CT molecular complexity index is 171. The summed E-state index contributed by atoms with van der Waals surface area (Å²) in [5, 5.41) is 20.7. The van der Waals surface area contributed by atoms with Crippen LogP contribution in [0, 0.1) is 5.92 Å². The van der Waals surface area contributed by atoms with Gasteiger partial charge < -0.3 is 15.5 Å². The molecule has 1 unspecified atom stereocenters. The van der Waals surface area contributed by atoms with Crippen LogP contribution in [0.15, 0.2) is 0 Å². The fraction of sp³-hybridized carbons (Fsp3) is 0.909. The van der Waals surface area contributed by atoms with Crippen molar-refractivity contribution in [3.8, 4) is 0 Å². The molecule has 4 heteroatoms. The van der Waals surface area contributed by atoms with Crippen molar-refractivity contribution in [1.29, 1.82) is 0 Å². The van der Waals surface area contributed by atoms with Gasteiger partial charge in [0.2, 0.25) is 5.91 Å². The van der Waals surface area contributed by atoms with Crippen molar-refractivity contribution < 1.29 is 15.0 Å². The van der Waals surface area contributed by atoms with Crippen LogP contribution in [-0.4, -0.2) is 35.4 Å². The minimum absolute atomic E-state index is 0.0498. The molecule has 0 aliphatic carbocycles. The average molecular weight is 217 g/mol. The van der Waals surface area contributed by atoms with Gasteiger partial charge >= 0.3 is 0 Å². The van der Waals surface area contributed by atoms with E-state index in [9.17, 15) is 9.90 Å². The molecule has 90 valence electrons. The van der Waals surface area contributed by atoms with E-state index in [-0.39, 0.29) is 12.5 Å². The molecule has 1 atom stereocenters. The van der Waals surface area contributed by atoms with Crippen molar-refractivity contribution in [2.75, 3.05) is 13.2 Å². The Balaban J connectivity index is 3.44. The molecule has 0 aliphatic heterocycles. The third kappa shape index (κ3) is 9.69. The number of carbonyl (C=O) groups is 1. The van der Waals surface area contributed by atoms with Crippen LogP contribution in [0.1, 0.15) is 39.5 Å². The fourth-order valence-corrected chi connectivity index (χ4v) is 1.34. The molecular formula is C11H23NO3. The standard InChI is InChI=1S/C11H23NO3/c1-9(2)7-10(14)8-12-11(15)5-3-4-6-13/h9-10,13-14H,3-8H2,1-2H3,(H,12,15). The Morgan fingerprint density at radius 1 is 1.33 bits per heavy atom. The van der Waals surface area contributed by atoms with Crippen molar-refractivity contribution in [2.45, 2.75) is 45.6 Å². The number of hydrogen-bond acceptors (Lipinski definition) is 3. The summed E-state index contributed by atoms with van der Waals surface area (Å²) < 4.78 is 0. The summed E-state index contributed by atoms with van der Waals surface area (Å²) in [6.45, 7) is 4.53. The van der Waals surface area contributed by atoms with Crippen LogP contribution < -0.4 is 5.32 Å². The van der Waals surface area contributed by atoms with Gasteiger partial charge in [-0.25, -0.2) is 0 Å². The van der Waals surface area contributed by atoms with Crippen LogP contribution in [0.25, 0.3) is 0 Å². The summed E-state index contributed by atoms with van der Waals surface area (Å²) in [6, 6.07) is 0. The van der Waals surface area contributed by atoms with Crippen LogP contribution in [0.3, 0.4) is 0 Å². The SMILES string of the molecule is CC(C)CC(O)CNC(=O)CCCCO. The maximum Gasteiger partial charge on any atom is 0.220 e. The van der Waals surface area contributed by atoms with Gasteiger partial charge in [-0.05, 0) is 25.2 Å². The Kier molecular flexibility index (Phi) is 8.33. The van der Waals surface area contributed by atoms with Crippen LogP contribution in [0.5, 0.6) is 0 Å². The highest BCUT2D eigenvalue weighted by molar-refractivity contribution is 5.75. The zero-order chi connectivity index (χ0) is 11.7. The molecule has 0 saturated carbocycles. The lowest BCUT2D eigenvalue weighted by Crippen LogP contribution is -2.32. The van der Waals surface area contributed by atoms with Gasteiger partial charge in [0.25, 0.3) is 0 Å². The maximum atomic E-state index is 11.2. The third-order valence-corrected chi connectivity index (χ3v) is 2.09. The summed E-state index contributed by atoms with van der Waals surface area (Å²) in [4.78, 5) is 11.2. The van der Waals surface area contributed by atoms with E-state index >= 15 is 0 Å². The van der Waals surface area contributed by atoms with Gasteiger partial charge in [-0.15, -0.1) is 0 Å². The first-order valence-corrected chi connectivity index (χ1v) is 5.62. The second-order valence-corrected chi connectivity index (χ2v) is 4.27. The molecule has 15 heavy (non-hydrogen) atoms. The summed E-state index contributed by atoms with van der Waals surface area (Å²) >= 11 is 0. The lowest BCUT2D eigenvalue weighted by atomic mass is 10.1. The molecule has 0 spiro atoms. The van der Waals surface area contributed by atoms with E-state index < -0.39 is 6.10 Å². The van der Waals surface area contributed by atoms with Gasteiger partial charge in [0.15, 0.2) is 0 Å². The van der Waals surface area contributed by atoms with Crippen molar-refractivity contribution in [3.05, 3.63) is 0 Å².